The van der Waals surface area contributed by atoms with Crippen LogP contribution in [0, 0.1) is 0 Å². The summed E-state index contributed by atoms with van der Waals surface area (Å²) in [5, 5.41) is 23.0. The van der Waals surface area contributed by atoms with Gasteiger partial charge in [0.1, 0.15) is 0 Å². The average molecular weight is 842 g/mol. The Morgan fingerprint density at radius 3 is 1.33 bits per heavy atom. The van der Waals surface area contributed by atoms with Gasteiger partial charge in [-0.2, -0.15) is 0 Å². The third-order valence-corrected chi connectivity index (χ3v) is 11.6. The predicted octanol–water partition coefficient (Wildman–Crippen LogP) is 15.5. The van der Waals surface area contributed by atoms with Gasteiger partial charge in [-0.25, -0.2) is 0 Å². The highest BCUT2D eigenvalue weighted by Gasteiger charge is 2.18. The number of aliphatic hydroxyl groups is 2. The fourth-order valence-electron chi connectivity index (χ4n) is 7.52. The second-order valence-corrected chi connectivity index (χ2v) is 17.5. The maximum Gasteiger partial charge on any atom is 0.305 e. The Labute approximate surface area is 372 Å². The first-order valence-electron chi connectivity index (χ1n) is 25.9. The Kier molecular flexibility index (Phi) is 47.7. The van der Waals surface area contributed by atoms with Crippen LogP contribution in [0.4, 0.5) is 0 Å². The van der Waals surface area contributed by atoms with Crippen molar-refractivity contribution >= 4 is 11.9 Å². The minimum absolute atomic E-state index is 0.0184. The number of esters is 1. The van der Waals surface area contributed by atoms with Crippen molar-refractivity contribution in [1.29, 1.82) is 0 Å². The summed E-state index contributed by atoms with van der Waals surface area (Å²) in [5.41, 5.74) is 0. The van der Waals surface area contributed by atoms with E-state index in [1.165, 1.54) is 167 Å². The molecule has 0 aliphatic rings. The van der Waals surface area contributed by atoms with Gasteiger partial charge in [-0.1, -0.05) is 210 Å². The van der Waals surface area contributed by atoms with Crippen LogP contribution in [-0.4, -0.2) is 47.4 Å². The van der Waals surface area contributed by atoms with Crippen molar-refractivity contribution in [1.82, 2.24) is 5.32 Å². The lowest BCUT2D eigenvalue weighted by Gasteiger charge is -2.20. The highest BCUT2D eigenvalue weighted by molar-refractivity contribution is 5.76. The standard InChI is InChI=1S/C54H99NO5/c1-3-5-7-9-11-13-15-17-24-28-32-36-40-44-48-54(59)60-49-45-41-37-33-29-25-22-20-18-19-21-23-27-31-35-39-43-47-53(58)55-51(50-56)52(57)46-42-38-34-30-26-16-14-12-10-8-6-4-2/h9,11,15,17-18,20,42,46,51-52,56-57H,3-8,10,12-14,16,19,21-41,43-45,47-50H2,1-2H3,(H,55,58)/b11-9-,17-15-,20-18-,46-42+. The highest BCUT2D eigenvalue weighted by Crippen LogP contribution is 2.14. The molecular weight excluding hydrogens is 743 g/mol. The van der Waals surface area contributed by atoms with E-state index in [0.29, 0.717) is 19.4 Å². The Morgan fingerprint density at radius 1 is 0.467 bits per heavy atom. The van der Waals surface area contributed by atoms with Gasteiger partial charge in [0.05, 0.1) is 25.4 Å². The van der Waals surface area contributed by atoms with Crippen LogP contribution in [0.15, 0.2) is 48.6 Å². The zero-order chi connectivity index (χ0) is 43.7. The molecule has 0 spiro atoms. The number of aliphatic hydroxyl groups excluding tert-OH is 2. The molecule has 0 aromatic heterocycles. The van der Waals surface area contributed by atoms with E-state index < -0.39 is 12.1 Å². The highest BCUT2D eigenvalue weighted by atomic mass is 16.5. The molecule has 2 atom stereocenters. The molecule has 60 heavy (non-hydrogen) atoms. The van der Waals surface area contributed by atoms with E-state index in [1.807, 2.05) is 6.08 Å². The van der Waals surface area contributed by atoms with Gasteiger partial charge in [0.2, 0.25) is 5.91 Å². The van der Waals surface area contributed by atoms with E-state index >= 15 is 0 Å². The summed E-state index contributed by atoms with van der Waals surface area (Å²) in [4.78, 5) is 24.4. The van der Waals surface area contributed by atoms with Crippen molar-refractivity contribution < 1.29 is 24.5 Å². The molecule has 0 rings (SSSR count). The Bertz CT molecular complexity index is 1020. The van der Waals surface area contributed by atoms with Crippen LogP contribution in [0.5, 0.6) is 0 Å². The number of carbonyl (C=O) groups excluding carboxylic acids is 2. The number of hydrogen-bond acceptors (Lipinski definition) is 5. The fourth-order valence-corrected chi connectivity index (χ4v) is 7.52. The molecule has 0 aromatic carbocycles. The van der Waals surface area contributed by atoms with E-state index in [4.69, 9.17) is 4.74 Å². The molecule has 2 unspecified atom stereocenters. The average Bonchev–Trinajstić information content (AvgIpc) is 3.25. The molecule has 0 radical (unpaired) electrons. The minimum Gasteiger partial charge on any atom is -0.466 e. The molecule has 0 aromatic rings. The number of carbonyl (C=O) groups is 2. The second-order valence-electron chi connectivity index (χ2n) is 17.5. The van der Waals surface area contributed by atoms with Gasteiger partial charge in [-0.15, -0.1) is 0 Å². The first-order valence-corrected chi connectivity index (χ1v) is 25.9. The van der Waals surface area contributed by atoms with Gasteiger partial charge in [-0.05, 0) is 83.5 Å². The molecule has 0 aliphatic carbocycles. The van der Waals surface area contributed by atoms with Gasteiger partial charge < -0.3 is 20.3 Å². The zero-order valence-electron chi connectivity index (χ0n) is 39.7. The lowest BCUT2D eigenvalue weighted by molar-refractivity contribution is -0.143. The van der Waals surface area contributed by atoms with Gasteiger partial charge in [0, 0.05) is 12.8 Å². The molecule has 0 heterocycles. The minimum atomic E-state index is -0.852. The summed E-state index contributed by atoms with van der Waals surface area (Å²) in [5.74, 6) is -0.101. The molecule has 6 nitrogen and oxygen atoms in total. The predicted molar refractivity (Wildman–Crippen MR) is 259 cm³/mol. The Hall–Kier alpha value is -2.18. The lowest BCUT2D eigenvalue weighted by atomic mass is 10.1. The summed E-state index contributed by atoms with van der Waals surface area (Å²) in [6.45, 7) is 4.81. The molecule has 350 valence electrons. The van der Waals surface area contributed by atoms with Crippen molar-refractivity contribution in [2.75, 3.05) is 13.2 Å². The molecule has 0 saturated heterocycles. The summed E-state index contributed by atoms with van der Waals surface area (Å²) < 4.78 is 5.45. The number of allylic oxidation sites excluding steroid dienone is 7. The van der Waals surface area contributed by atoms with Crippen LogP contribution < -0.4 is 5.32 Å². The smallest absolute Gasteiger partial charge is 0.305 e. The van der Waals surface area contributed by atoms with Gasteiger partial charge in [0.25, 0.3) is 0 Å². The largest absolute Gasteiger partial charge is 0.466 e. The molecule has 1 amide bonds. The summed E-state index contributed by atoms with van der Waals surface area (Å²) in [7, 11) is 0. The molecule has 3 N–H and O–H groups in total. The number of unbranched alkanes of at least 4 members (excludes halogenated alkanes) is 30. The van der Waals surface area contributed by atoms with Crippen LogP contribution in [-0.2, 0) is 14.3 Å². The monoisotopic (exact) mass is 842 g/mol. The van der Waals surface area contributed by atoms with Crippen LogP contribution in [0.25, 0.3) is 0 Å². The molecular formula is C54H99NO5. The maximum absolute atomic E-state index is 12.4. The normalized spacial score (nSPS) is 13.1. The number of rotatable bonds is 47. The van der Waals surface area contributed by atoms with Gasteiger partial charge in [0.15, 0.2) is 0 Å². The molecule has 0 aliphatic heterocycles. The van der Waals surface area contributed by atoms with E-state index in [0.717, 1.165) is 64.2 Å². The molecule has 6 heteroatoms. The van der Waals surface area contributed by atoms with E-state index in [9.17, 15) is 19.8 Å². The van der Waals surface area contributed by atoms with Crippen LogP contribution in [0.3, 0.4) is 0 Å². The van der Waals surface area contributed by atoms with Gasteiger partial charge in [-0.3, -0.25) is 9.59 Å². The van der Waals surface area contributed by atoms with E-state index in [1.54, 1.807) is 6.08 Å². The Balaban J connectivity index is 3.50. The van der Waals surface area contributed by atoms with E-state index in [2.05, 4.69) is 55.6 Å². The third-order valence-electron chi connectivity index (χ3n) is 11.6. The zero-order valence-corrected chi connectivity index (χ0v) is 39.7. The van der Waals surface area contributed by atoms with E-state index in [-0.39, 0.29) is 18.5 Å². The van der Waals surface area contributed by atoms with Crippen molar-refractivity contribution in [3.05, 3.63) is 48.6 Å². The maximum atomic E-state index is 12.4. The number of nitrogens with one attached hydrogen (secondary N) is 1. The third kappa shape index (κ3) is 45.3. The molecule has 0 bridgehead atoms. The lowest BCUT2D eigenvalue weighted by Crippen LogP contribution is -2.45. The quantitative estimate of drug-likeness (QED) is 0.0322. The van der Waals surface area contributed by atoms with Crippen molar-refractivity contribution in [3.8, 4) is 0 Å². The topological polar surface area (TPSA) is 95.9 Å². The van der Waals surface area contributed by atoms with Gasteiger partial charge >= 0.3 is 5.97 Å². The first-order chi connectivity index (χ1) is 29.5. The molecule has 0 fully saturated rings. The van der Waals surface area contributed by atoms with Crippen molar-refractivity contribution in [2.45, 2.75) is 270 Å². The summed E-state index contributed by atoms with van der Waals surface area (Å²) >= 11 is 0. The van der Waals surface area contributed by atoms with Crippen molar-refractivity contribution in [2.24, 2.45) is 0 Å². The Morgan fingerprint density at radius 2 is 0.850 bits per heavy atom. The van der Waals surface area contributed by atoms with Crippen LogP contribution >= 0.6 is 0 Å². The van der Waals surface area contributed by atoms with Crippen LogP contribution in [0.1, 0.15) is 258 Å². The number of hydrogen-bond donors (Lipinski definition) is 3. The first kappa shape index (κ1) is 57.8. The fraction of sp³-hybridized carbons (Fsp3) is 0.815. The second kappa shape index (κ2) is 49.5. The molecule has 0 saturated carbocycles. The van der Waals surface area contributed by atoms with Crippen LogP contribution in [0.2, 0.25) is 0 Å². The SMILES string of the molecule is CCCC/C=C\C/C=C\CCCCCCCC(=O)OCCCCCCCC/C=C\CCCCCCCCCC(=O)NC(CO)C(O)/C=C/CCCCCCCCCCCC. The number of amides is 1. The summed E-state index contributed by atoms with van der Waals surface area (Å²) in [6, 6.07) is -0.637. The van der Waals surface area contributed by atoms with Crippen molar-refractivity contribution in [3.63, 3.8) is 0 Å². The number of ether oxygens (including phenoxy) is 1. The summed E-state index contributed by atoms with van der Waals surface area (Å²) in [6.07, 6.45) is 61.1.